The van der Waals surface area contributed by atoms with E-state index in [0.29, 0.717) is 9.90 Å². The molecule has 1 aromatic rings. The third-order valence-electron chi connectivity index (χ3n) is 11.8. The fourth-order valence-electron chi connectivity index (χ4n) is 9.71. The van der Waals surface area contributed by atoms with Gasteiger partial charge in [0.25, 0.3) is 0 Å². The highest BCUT2D eigenvalue weighted by Crippen LogP contribution is 2.67. The molecule has 0 aliphatic heterocycles. The average Bonchev–Trinajstić information content (AvgIpc) is 3.26. The number of rotatable bonds is 8. The van der Waals surface area contributed by atoms with Crippen LogP contribution in [0, 0.1) is 46.3 Å². The largest absolute Gasteiger partial charge is 0.458 e. The van der Waals surface area contributed by atoms with Gasteiger partial charge in [0.2, 0.25) is 0 Å². The fraction of sp³-hybridized carbons (Fsp3) is 0.694. The first kappa shape index (κ1) is 29.2. The molecular weight excluding hydrogens is 544 g/mol. The van der Waals surface area contributed by atoms with Crippen molar-refractivity contribution in [1.29, 1.82) is 0 Å². The van der Waals surface area contributed by atoms with Gasteiger partial charge in [0.1, 0.15) is 10.6 Å². The molecule has 0 aromatic heterocycles. The van der Waals surface area contributed by atoms with Gasteiger partial charge in [0, 0.05) is 6.42 Å². The molecule has 0 saturated heterocycles. The predicted octanol–water partition coefficient (Wildman–Crippen LogP) is 10.4. The molecule has 0 amide bonds. The van der Waals surface area contributed by atoms with Crippen LogP contribution in [0.5, 0.6) is 0 Å². The molecule has 3 saturated carbocycles. The van der Waals surface area contributed by atoms with E-state index in [9.17, 15) is 4.79 Å². The van der Waals surface area contributed by atoms with Crippen LogP contribution in [0.15, 0.2) is 46.5 Å². The summed E-state index contributed by atoms with van der Waals surface area (Å²) in [6.45, 7) is 12.5. The normalized spacial score (nSPS) is 36.9. The van der Waals surface area contributed by atoms with Crippen molar-refractivity contribution in [3.05, 3.63) is 52.0 Å². The van der Waals surface area contributed by atoms with Crippen LogP contribution in [-0.4, -0.2) is 12.1 Å². The fourth-order valence-corrected chi connectivity index (χ4v) is 10.1. The highest BCUT2D eigenvalue weighted by molar-refractivity contribution is 9.12. The quantitative estimate of drug-likeness (QED) is 0.170. The van der Waals surface area contributed by atoms with E-state index in [0.717, 1.165) is 60.3 Å². The molecule has 0 bridgehead atoms. The van der Waals surface area contributed by atoms with E-state index in [1.165, 1.54) is 51.4 Å². The van der Waals surface area contributed by atoms with E-state index in [1.807, 2.05) is 36.4 Å². The van der Waals surface area contributed by atoms with Crippen LogP contribution < -0.4 is 0 Å². The summed E-state index contributed by atoms with van der Waals surface area (Å²) in [6, 6.07) is 9.95. The molecule has 8 atom stereocenters. The zero-order valence-electron chi connectivity index (χ0n) is 25.1. The Kier molecular flexibility index (Phi) is 8.87. The van der Waals surface area contributed by atoms with Crippen molar-refractivity contribution in [2.75, 3.05) is 0 Å². The molecule has 1 aromatic carbocycles. The number of hydrogen-bond donors (Lipinski definition) is 0. The van der Waals surface area contributed by atoms with Gasteiger partial charge in [-0.25, -0.2) is 4.79 Å². The number of carbonyl (C=O) groups is 1. The molecular formula is C36H51BrO2. The minimum atomic E-state index is -0.241. The van der Waals surface area contributed by atoms with Gasteiger partial charge in [-0.2, -0.15) is 0 Å². The van der Waals surface area contributed by atoms with E-state index in [-0.39, 0.29) is 17.5 Å². The highest BCUT2D eigenvalue weighted by atomic mass is 79.9. The smallest absolute Gasteiger partial charge is 0.345 e. The van der Waals surface area contributed by atoms with Gasteiger partial charge < -0.3 is 4.74 Å². The Bertz CT molecular complexity index is 1070. The minimum Gasteiger partial charge on any atom is -0.458 e. The van der Waals surface area contributed by atoms with Crippen LogP contribution in [0.1, 0.15) is 111 Å². The second-order valence-electron chi connectivity index (χ2n) is 14.5. The predicted molar refractivity (Wildman–Crippen MR) is 166 cm³/mol. The van der Waals surface area contributed by atoms with Crippen LogP contribution >= 0.6 is 15.9 Å². The molecule has 5 rings (SSSR count). The van der Waals surface area contributed by atoms with Crippen molar-refractivity contribution in [2.45, 2.75) is 111 Å². The van der Waals surface area contributed by atoms with Crippen molar-refractivity contribution in [3.63, 3.8) is 0 Å². The zero-order valence-corrected chi connectivity index (χ0v) is 26.6. The Morgan fingerprint density at radius 3 is 2.54 bits per heavy atom. The lowest BCUT2D eigenvalue weighted by Gasteiger charge is -2.58. The lowest BCUT2D eigenvalue weighted by Crippen LogP contribution is -2.51. The highest BCUT2D eigenvalue weighted by Gasteiger charge is 2.59. The first-order valence-corrected chi connectivity index (χ1v) is 16.7. The minimum absolute atomic E-state index is 0.0125. The maximum Gasteiger partial charge on any atom is 0.345 e. The second-order valence-corrected chi connectivity index (χ2v) is 15.3. The molecule has 2 nitrogen and oxygen atoms in total. The summed E-state index contributed by atoms with van der Waals surface area (Å²) in [5.74, 6) is 4.88. The number of fused-ring (bicyclic) bond motifs is 5. The summed E-state index contributed by atoms with van der Waals surface area (Å²) < 4.78 is 6.53. The summed E-state index contributed by atoms with van der Waals surface area (Å²) in [5, 5.41) is 0. The number of halogens is 1. The van der Waals surface area contributed by atoms with Crippen molar-refractivity contribution < 1.29 is 9.53 Å². The van der Waals surface area contributed by atoms with Crippen molar-refractivity contribution >= 4 is 28.0 Å². The molecule has 39 heavy (non-hydrogen) atoms. The van der Waals surface area contributed by atoms with Crippen LogP contribution in [0.4, 0.5) is 0 Å². The third kappa shape index (κ3) is 5.86. The molecule has 0 spiro atoms. The lowest BCUT2D eigenvalue weighted by atomic mass is 9.47. The number of carbonyl (C=O) groups excluding carboxylic acids is 1. The first-order valence-electron chi connectivity index (χ1n) is 15.9. The Balaban J connectivity index is 1.23. The van der Waals surface area contributed by atoms with E-state index in [1.54, 1.807) is 5.57 Å². The van der Waals surface area contributed by atoms with E-state index < -0.39 is 0 Å². The maximum absolute atomic E-state index is 12.9. The van der Waals surface area contributed by atoms with E-state index in [4.69, 9.17) is 4.74 Å². The zero-order chi connectivity index (χ0) is 27.8. The first-order chi connectivity index (χ1) is 18.6. The topological polar surface area (TPSA) is 26.3 Å². The second kappa shape index (κ2) is 11.9. The van der Waals surface area contributed by atoms with Gasteiger partial charge >= 0.3 is 5.97 Å². The van der Waals surface area contributed by atoms with Gasteiger partial charge in [-0.1, -0.05) is 95.9 Å². The van der Waals surface area contributed by atoms with Gasteiger partial charge in [-0.05, 0) is 119 Å². The molecule has 4 aliphatic carbocycles. The monoisotopic (exact) mass is 594 g/mol. The van der Waals surface area contributed by atoms with Crippen LogP contribution in [0.2, 0.25) is 0 Å². The Morgan fingerprint density at radius 1 is 1.03 bits per heavy atom. The summed E-state index contributed by atoms with van der Waals surface area (Å²) >= 11 is 3.47. The van der Waals surface area contributed by atoms with Crippen molar-refractivity contribution in [1.82, 2.24) is 0 Å². The summed E-state index contributed by atoms with van der Waals surface area (Å²) in [4.78, 5) is 12.9. The Hall–Kier alpha value is -1.35. The Morgan fingerprint density at radius 2 is 1.79 bits per heavy atom. The molecule has 0 unspecified atom stereocenters. The number of ether oxygens (including phenoxy) is 1. The van der Waals surface area contributed by atoms with E-state index in [2.05, 4.69) is 56.6 Å². The maximum atomic E-state index is 12.9. The van der Waals surface area contributed by atoms with E-state index >= 15 is 0 Å². The number of benzene rings is 1. The molecule has 0 N–H and O–H groups in total. The van der Waals surface area contributed by atoms with Crippen LogP contribution in [0.3, 0.4) is 0 Å². The number of allylic oxidation sites excluding steroid dienone is 1. The molecule has 0 heterocycles. The molecule has 4 aliphatic rings. The van der Waals surface area contributed by atoms with Crippen LogP contribution in [0.25, 0.3) is 6.08 Å². The number of esters is 1. The molecule has 214 valence electrons. The SMILES string of the molecule is CC(C)CCC[C@@H](C)[C@H]1CC[C@H]2[C@@H]3CC=C4C[C@H](OC(=O)/C(Br)=C\c5ccccc5)CC[C@]4(C)[C@H]3CC[C@]12C. The summed E-state index contributed by atoms with van der Waals surface area (Å²) in [6.07, 6.45) is 18.6. The number of hydrogen-bond acceptors (Lipinski definition) is 2. The summed E-state index contributed by atoms with van der Waals surface area (Å²) in [7, 11) is 0. The van der Waals surface area contributed by atoms with Crippen molar-refractivity contribution in [2.24, 2.45) is 46.3 Å². The Labute approximate surface area is 246 Å². The van der Waals surface area contributed by atoms with Gasteiger partial charge in [0.15, 0.2) is 0 Å². The van der Waals surface area contributed by atoms with Gasteiger partial charge in [-0.15, -0.1) is 0 Å². The lowest BCUT2D eigenvalue weighted by molar-refractivity contribution is -0.145. The standard InChI is InChI=1S/C36H51BrO2/c1-24(2)10-9-11-25(3)30-16-17-31-29-15-14-27-23-28(18-20-35(27,4)32(29)19-21-36(30,31)5)39-34(38)33(37)22-26-12-7-6-8-13-26/h6-8,12-14,22,24-25,28-32H,9-11,15-21,23H2,1-5H3/b33-22+/t25-,28-,29+,30-,31+,32+,35+,36-/m1/s1. The average molecular weight is 596 g/mol. The molecule has 0 radical (unpaired) electrons. The molecule has 3 heteroatoms. The summed E-state index contributed by atoms with van der Waals surface area (Å²) in [5.41, 5.74) is 3.40. The van der Waals surface area contributed by atoms with Gasteiger partial charge in [0.05, 0.1) is 0 Å². The molecule has 3 fully saturated rings. The third-order valence-corrected chi connectivity index (χ3v) is 12.4. The van der Waals surface area contributed by atoms with Crippen molar-refractivity contribution in [3.8, 4) is 0 Å². The van der Waals surface area contributed by atoms with Gasteiger partial charge in [-0.3, -0.25) is 0 Å². The van der Waals surface area contributed by atoms with Crippen LogP contribution in [-0.2, 0) is 9.53 Å².